The van der Waals surface area contributed by atoms with Crippen LogP contribution in [0.25, 0.3) is 6.08 Å². The first-order chi connectivity index (χ1) is 11.8. The number of para-hydroxylation sites is 1. The van der Waals surface area contributed by atoms with Crippen molar-refractivity contribution in [1.29, 1.82) is 0 Å². The highest BCUT2D eigenvalue weighted by Crippen LogP contribution is 2.33. The number of ether oxygens (including phenoxy) is 3. The molecule has 0 fully saturated rings. The summed E-state index contributed by atoms with van der Waals surface area (Å²) in [4.78, 5) is 36.0. The van der Waals surface area contributed by atoms with E-state index in [9.17, 15) is 14.4 Å². The van der Waals surface area contributed by atoms with Crippen molar-refractivity contribution in [2.75, 3.05) is 7.11 Å². The summed E-state index contributed by atoms with van der Waals surface area (Å²) in [6.07, 6.45) is 3.73. The molecule has 0 aromatic heterocycles. The molecule has 0 amide bonds. The topological polar surface area (TPSA) is 78.9 Å². The number of esters is 1. The predicted molar refractivity (Wildman–Crippen MR) is 91.1 cm³/mol. The van der Waals surface area contributed by atoms with Crippen LogP contribution >= 0.6 is 0 Å². The van der Waals surface area contributed by atoms with E-state index >= 15 is 0 Å². The number of rotatable bonds is 6. The van der Waals surface area contributed by atoms with Gasteiger partial charge in [0.05, 0.1) is 13.2 Å². The van der Waals surface area contributed by atoms with Gasteiger partial charge in [-0.05, 0) is 39.0 Å². The maximum absolute atomic E-state index is 12.3. The van der Waals surface area contributed by atoms with E-state index in [0.29, 0.717) is 17.1 Å². The van der Waals surface area contributed by atoms with Crippen LogP contribution in [0.5, 0.6) is 11.5 Å². The lowest BCUT2D eigenvalue weighted by Crippen LogP contribution is -2.34. The van der Waals surface area contributed by atoms with Crippen molar-refractivity contribution in [3.8, 4) is 11.5 Å². The first kappa shape index (κ1) is 18.4. The lowest BCUT2D eigenvalue weighted by molar-refractivity contribution is -0.151. The van der Waals surface area contributed by atoms with E-state index in [1.807, 2.05) is 13.8 Å². The van der Waals surface area contributed by atoms with Crippen molar-refractivity contribution in [3.63, 3.8) is 0 Å². The monoisotopic (exact) mass is 344 g/mol. The number of carbonyl (C=O) groups excluding carboxylic acids is 3. The number of benzene rings is 1. The van der Waals surface area contributed by atoms with Gasteiger partial charge in [-0.3, -0.25) is 14.4 Å². The summed E-state index contributed by atoms with van der Waals surface area (Å²) in [6, 6.07) is 5.24. The molecule has 1 aromatic carbocycles. The summed E-state index contributed by atoms with van der Waals surface area (Å²) >= 11 is 0. The fourth-order valence-electron chi connectivity index (χ4n) is 2.36. The SMILES string of the molecule is COc1cccc(/C=C\C(=O)[C@H]2C(=O)C=C(C)OC2=O)c1OC(C)C. The Morgan fingerprint density at radius 1 is 1.28 bits per heavy atom. The van der Waals surface area contributed by atoms with E-state index in [1.165, 1.54) is 26.2 Å². The number of carbonyl (C=O) groups is 3. The smallest absolute Gasteiger partial charge is 0.329 e. The van der Waals surface area contributed by atoms with Gasteiger partial charge in [0.15, 0.2) is 29.0 Å². The van der Waals surface area contributed by atoms with Gasteiger partial charge in [-0.15, -0.1) is 0 Å². The minimum absolute atomic E-state index is 0.0952. The van der Waals surface area contributed by atoms with Gasteiger partial charge in [0.25, 0.3) is 0 Å². The first-order valence-electron chi connectivity index (χ1n) is 7.83. The highest BCUT2D eigenvalue weighted by molar-refractivity contribution is 6.25. The van der Waals surface area contributed by atoms with Crippen LogP contribution in [0.15, 0.2) is 36.1 Å². The largest absolute Gasteiger partial charge is 0.493 e. The zero-order valence-electron chi connectivity index (χ0n) is 14.6. The summed E-state index contributed by atoms with van der Waals surface area (Å²) < 4.78 is 15.9. The molecule has 0 spiro atoms. The fourth-order valence-corrected chi connectivity index (χ4v) is 2.36. The van der Waals surface area contributed by atoms with Gasteiger partial charge in [-0.1, -0.05) is 12.1 Å². The second kappa shape index (κ2) is 7.79. The molecule has 0 N–H and O–H groups in total. The molecule has 0 saturated carbocycles. The number of methoxy groups -OCH3 is 1. The van der Waals surface area contributed by atoms with Crippen molar-refractivity contribution in [3.05, 3.63) is 41.7 Å². The fraction of sp³-hybridized carbons (Fsp3) is 0.316. The summed E-state index contributed by atoms with van der Waals surface area (Å²) in [5.74, 6) is -2.34. The first-order valence-corrected chi connectivity index (χ1v) is 7.83. The molecule has 1 atom stereocenters. The average molecular weight is 344 g/mol. The molecule has 1 aliphatic heterocycles. The van der Waals surface area contributed by atoms with Gasteiger partial charge in [0.2, 0.25) is 0 Å². The van der Waals surface area contributed by atoms with Crippen LogP contribution in [-0.4, -0.2) is 30.7 Å². The molecular formula is C19H20O6. The van der Waals surface area contributed by atoms with Gasteiger partial charge < -0.3 is 14.2 Å². The minimum Gasteiger partial charge on any atom is -0.493 e. The maximum atomic E-state index is 12.3. The predicted octanol–water partition coefficient (Wildman–Crippen LogP) is 2.71. The molecule has 1 aliphatic rings. The van der Waals surface area contributed by atoms with E-state index < -0.39 is 23.5 Å². The van der Waals surface area contributed by atoms with Crippen LogP contribution in [0, 0.1) is 5.92 Å². The van der Waals surface area contributed by atoms with Gasteiger partial charge in [0, 0.05) is 11.6 Å². The standard InChI is InChI=1S/C19H20O6/c1-11(2)24-18-13(6-5-7-16(18)23-4)8-9-14(20)17-15(21)10-12(3)25-19(17)22/h5-11,17H,1-4H3/b9-8-/t17-/m0/s1. The van der Waals surface area contributed by atoms with E-state index in [2.05, 4.69) is 0 Å². The molecule has 6 nitrogen and oxygen atoms in total. The second-order valence-corrected chi connectivity index (χ2v) is 5.79. The molecule has 0 radical (unpaired) electrons. The van der Waals surface area contributed by atoms with Crippen molar-refractivity contribution in [1.82, 2.24) is 0 Å². The Bertz CT molecular complexity index is 757. The second-order valence-electron chi connectivity index (χ2n) is 5.79. The third-order valence-corrected chi connectivity index (χ3v) is 3.42. The molecule has 25 heavy (non-hydrogen) atoms. The van der Waals surface area contributed by atoms with E-state index in [0.717, 1.165) is 6.08 Å². The molecule has 0 bridgehead atoms. The summed E-state index contributed by atoms with van der Waals surface area (Å²) in [5.41, 5.74) is 0.602. The van der Waals surface area contributed by atoms with Crippen LogP contribution in [0.3, 0.4) is 0 Å². The zero-order valence-corrected chi connectivity index (χ0v) is 14.6. The highest BCUT2D eigenvalue weighted by atomic mass is 16.5. The number of allylic oxidation sites excluding steroid dienone is 3. The van der Waals surface area contributed by atoms with Gasteiger partial charge in [-0.25, -0.2) is 0 Å². The van der Waals surface area contributed by atoms with Gasteiger partial charge in [0.1, 0.15) is 5.76 Å². The van der Waals surface area contributed by atoms with Crippen LogP contribution in [0.1, 0.15) is 26.3 Å². The highest BCUT2D eigenvalue weighted by Gasteiger charge is 2.36. The van der Waals surface area contributed by atoms with Crippen molar-refractivity contribution >= 4 is 23.6 Å². The lowest BCUT2D eigenvalue weighted by Gasteiger charge is -2.17. The van der Waals surface area contributed by atoms with Crippen molar-refractivity contribution in [2.24, 2.45) is 5.92 Å². The lowest BCUT2D eigenvalue weighted by atomic mass is 9.96. The van der Waals surface area contributed by atoms with E-state index in [1.54, 1.807) is 18.2 Å². The third kappa shape index (κ3) is 4.35. The van der Waals surface area contributed by atoms with Crippen LogP contribution in [0.4, 0.5) is 0 Å². The van der Waals surface area contributed by atoms with Crippen molar-refractivity contribution < 1.29 is 28.6 Å². The molecule has 0 aliphatic carbocycles. The quantitative estimate of drug-likeness (QED) is 0.448. The van der Waals surface area contributed by atoms with E-state index in [-0.39, 0.29) is 11.9 Å². The normalized spacial score (nSPS) is 17.5. The minimum atomic E-state index is -1.46. The maximum Gasteiger partial charge on any atom is 0.329 e. The third-order valence-electron chi connectivity index (χ3n) is 3.42. The molecule has 1 heterocycles. The van der Waals surface area contributed by atoms with Crippen LogP contribution < -0.4 is 9.47 Å². The van der Waals surface area contributed by atoms with Crippen LogP contribution in [-0.2, 0) is 19.1 Å². The average Bonchev–Trinajstić information content (AvgIpc) is 2.52. The van der Waals surface area contributed by atoms with E-state index in [4.69, 9.17) is 14.2 Å². The Balaban J connectivity index is 2.28. The summed E-state index contributed by atoms with van der Waals surface area (Å²) in [5, 5.41) is 0. The van der Waals surface area contributed by atoms with Gasteiger partial charge in [-0.2, -0.15) is 0 Å². The Labute approximate surface area is 146 Å². The summed E-state index contributed by atoms with van der Waals surface area (Å²) in [7, 11) is 1.52. The number of cyclic esters (lactones) is 1. The molecule has 1 aromatic rings. The molecule has 6 heteroatoms. The Kier molecular flexibility index (Phi) is 5.75. The Hall–Kier alpha value is -2.89. The number of ketones is 2. The van der Waals surface area contributed by atoms with Gasteiger partial charge >= 0.3 is 5.97 Å². The Morgan fingerprint density at radius 2 is 2.00 bits per heavy atom. The molecule has 2 rings (SSSR count). The molecular weight excluding hydrogens is 324 g/mol. The molecule has 132 valence electrons. The zero-order chi connectivity index (χ0) is 18.6. The number of hydrogen-bond acceptors (Lipinski definition) is 6. The molecule has 0 unspecified atom stereocenters. The van der Waals surface area contributed by atoms with Crippen molar-refractivity contribution in [2.45, 2.75) is 26.9 Å². The number of hydrogen-bond donors (Lipinski definition) is 0. The molecule has 0 saturated heterocycles. The van der Waals surface area contributed by atoms with Crippen LogP contribution in [0.2, 0.25) is 0 Å². The Morgan fingerprint density at radius 3 is 2.60 bits per heavy atom. The summed E-state index contributed by atoms with van der Waals surface area (Å²) in [6.45, 7) is 5.23.